The smallest absolute Gasteiger partial charge is 0.281 e. The molecule has 1 aromatic carbocycles. The number of anilines is 1. The Morgan fingerprint density at radius 3 is 2.63 bits per heavy atom. The Labute approximate surface area is 173 Å². The van der Waals surface area contributed by atoms with Crippen LogP contribution in [0, 0.1) is 18.3 Å². The molecule has 1 saturated heterocycles. The number of hydrogen-bond donors (Lipinski definition) is 0. The highest BCUT2D eigenvalue weighted by Gasteiger charge is 2.26. The van der Waals surface area contributed by atoms with Gasteiger partial charge in [-0.05, 0) is 32.0 Å². The summed E-state index contributed by atoms with van der Waals surface area (Å²) in [6.45, 7) is 6.44. The van der Waals surface area contributed by atoms with Gasteiger partial charge in [0.1, 0.15) is 5.52 Å². The van der Waals surface area contributed by atoms with E-state index >= 15 is 0 Å². The molecule has 0 radical (unpaired) electrons. The van der Waals surface area contributed by atoms with Gasteiger partial charge in [0.05, 0.1) is 17.3 Å². The molecule has 0 atom stereocenters. The molecule has 0 bridgehead atoms. The maximum Gasteiger partial charge on any atom is 0.281 e. The van der Waals surface area contributed by atoms with Crippen molar-refractivity contribution in [2.75, 3.05) is 31.1 Å². The van der Waals surface area contributed by atoms with E-state index in [1.54, 1.807) is 45.5 Å². The number of nitrogens with zero attached hydrogens (tertiary/aromatic N) is 7. The average molecular weight is 405 g/mol. The predicted molar refractivity (Wildman–Crippen MR) is 112 cm³/mol. The molecule has 0 spiro atoms. The van der Waals surface area contributed by atoms with Crippen LogP contribution in [-0.2, 0) is 13.6 Å². The number of hydrogen-bond acceptors (Lipinski definition) is 6. The average Bonchev–Trinajstić information content (AvgIpc) is 3.06. The lowest BCUT2D eigenvalue weighted by atomic mass is 10.1. The maximum absolute atomic E-state index is 13.0. The molecule has 30 heavy (non-hydrogen) atoms. The molecule has 154 valence electrons. The summed E-state index contributed by atoms with van der Waals surface area (Å²) >= 11 is 0. The molecular weight excluding hydrogens is 382 g/mol. The van der Waals surface area contributed by atoms with Crippen LogP contribution in [0.4, 0.5) is 5.95 Å². The van der Waals surface area contributed by atoms with Gasteiger partial charge in [0.25, 0.3) is 11.5 Å². The van der Waals surface area contributed by atoms with Crippen LogP contribution in [0.2, 0.25) is 0 Å². The summed E-state index contributed by atoms with van der Waals surface area (Å²) in [6.07, 6.45) is 0. The van der Waals surface area contributed by atoms with Crippen molar-refractivity contribution >= 4 is 22.9 Å². The van der Waals surface area contributed by atoms with Crippen LogP contribution in [0.25, 0.3) is 11.0 Å². The highest BCUT2D eigenvalue weighted by atomic mass is 16.2. The summed E-state index contributed by atoms with van der Waals surface area (Å²) in [4.78, 5) is 34.4. The van der Waals surface area contributed by atoms with Crippen molar-refractivity contribution in [1.82, 2.24) is 24.2 Å². The molecule has 9 nitrogen and oxygen atoms in total. The lowest BCUT2D eigenvalue weighted by Gasteiger charge is -2.36. The first-order valence-corrected chi connectivity index (χ1v) is 9.93. The minimum absolute atomic E-state index is 0.0915. The Hall–Kier alpha value is -3.67. The lowest BCUT2D eigenvalue weighted by molar-refractivity contribution is 0.0746. The molecule has 2 aromatic heterocycles. The van der Waals surface area contributed by atoms with Crippen LogP contribution in [0.15, 0.2) is 29.1 Å². The van der Waals surface area contributed by atoms with Crippen LogP contribution < -0.4 is 10.5 Å². The molecule has 3 aromatic rings. The van der Waals surface area contributed by atoms with Gasteiger partial charge in [-0.3, -0.25) is 18.8 Å². The van der Waals surface area contributed by atoms with Gasteiger partial charge in [-0.25, -0.2) is 4.98 Å². The molecule has 9 heteroatoms. The molecule has 0 N–H and O–H groups in total. The molecular formula is C21H23N7O2. The van der Waals surface area contributed by atoms with E-state index < -0.39 is 0 Å². The minimum atomic E-state index is -0.104. The Morgan fingerprint density at radius 1 is 1.23 bits per heavy atom. The summed E-state index contributed by atoms with van der Waals surface area (Å²) in [5.74, 6) is 0.524. The molecule has 0 aliphatic carbocycles. The summed E-state index contributed by atoms with van der Waals surface area (Å²) in [6, 6.07) is 8.81. The maximum atomic E-state index is 13.0. The second-order valence-electron chi connectivity index (χ2n) is 7.34. The lowest BCUT2D eigenvalue weighted by Crippen LogP contribution is -2.50. The number of carbonyl (C=O) groups is 1. The molecule has 3 heterocycles. The van der Waals surface area contributed by atoms with Crippen molar-refractivity contribution in [3.05, 3.63) is 51.4 Å². The standard InChI is InChI=1S/C21H23N7O2/c1-4-28-20(30)18-17(14(2)24-25(18)3)23-21(28)27-10-8-26(9-11-27)19(29)16-7-5-6-15(12-16)13-22/h5-7,12H,4,8-11H2,1-3H3. The number of aromatic nitrogens is 4. The highest BCUT2D eigenvalue weighted by molar-refractivity contribution is 5.94. The molecule has 1 aliphatic heterocycles. The highest BCUT2D eigenvalue weighted by Crippen LogP contribution is 2.19. The van der Waals surface area contributed by atoms with Crippen molar-refractivity contribution in [1.29, 1.82) is 5.26 Å². The SMILES string of the molecule is CCn1c(N2CCN(C(=O)c3cccc(C#N)c3)CC2)nc2c(C)nn(C)c2c1=O. The molecule has 4 rings (SSSR count). The van der Waals surface area contributed by atoms with Crippen LogP contribution in [0.5, 0.6) is 0 Å². The largest absolute Gasteiger partial charge is 0.339 e. The number of benzene rings is 1. The van der Waals surface area contributed by atoms with Gasteiger partial charge < -0.3 is 9.80 Å². The minimum Gasteiger partial charge on any atom is -0.339 e. The van der Waals surface area contributed by atoms with E-state index in [0.29, 0.717) is 60.8 Å². The quantitative estimate of drug-likeness (QED) is 0.651. The fraction of sp³-hybridized carbons (Fsp3) is 0.381. The first-order chi connectivity index (χ1) is 14.4. The van der Waals surface area contributed by atoms with Crippen LogP contribution in [0.3, 0.4) is 0 Å². The first-order valence-electron chi connectivity index (χ1n) is 9.93. The van der Waals surface area contributed by atoms with Gasteiger partial charge in [-0.2, -0.15) is 10.4 Å². The fourth-order valence-electron chi connectivity index (χ4n) is 3.94. The van der Waals surface area contributed by atoms with Crippen molar-refractivity contribution in [3.63, 3.8) is 0 Å². The van der Waals surface area contributed by atoms with Crippen LogP contribution in [0.1, 0.15) is 28.5 Å². The number of fused-ring (bicyclic) bond motifs is 1. The van der Waals surface area contributed by atoms with Gasteiger partial charge >= 0.3 is 0 Å². The summed E-state index contributed by atoms with van der Waals surface area (Å²) in [5.41, 5.74) is 2.72. The number of piperazine rings is 1. The third kappa shape index (κ3) is 3.20. The zero-order valence-corrected chi connectivity index (χ0v) is 17.3. The number of rotatable bonds is 3. The third-order valence-electron chi connectivity index (χ3n) is 5.50. The monoisotopic (exact) mass is 405 g/mol. The van der Waals surface area contributed by atoms with Gasteiger partial charge in [-0.15, -0.1) is 0 Å². The van der Waals surface area contributed by atoms with Crippen molar-refractivity contribution < 1.29 is 4.79 Å². The van der Waals surface area contributed by atoms with E-state index in [1.807, 2.05) is 18.7 Å². The Kier molecular flexibility index (Phi) is 4.99. The second-order valence-corrected chi connectivity index (χ2v) is 7.34. The Bertz CT molecular complexity index is 1230. The van der Waals surface area contributed by atoms with E-state index in [9.17, 15) is 9.59 Å². The third-order valence-corrected chi connectivity index (χ3v) is 5.50. The molecule has 1 amide bonds. The summed E-state index contributed by atoms with van der Waals surface area (Å²) in [7, 11) is 1.75. The molecule has 1 fully saturated rings. The summed E-state index contributed by atoms with van der Waals surface area (Å²) < 4.78 is 3.25. The molecule has 1 aliphatic rings. The topological polar surface area (TPSA) is 100 Å². The Morgan fingerprint density at radius 2 is 1.97 bits per heavy atom. The van der Waals surface area contributed by atoms with E-state index in [-0.39, 0.29) is 11.5 Å². The van der Waals surface area contributed by atoms with E-state index in [4.69, 9.17) is 10.2 Å². The van der Waals surface area contributed by atoms with Gasteiger partial charge in [0.15, 0.2) is 5.52 Å². The van der Waals surface area contributed by atoms with Crippen molar-refractivity contribution in [2.45, 2.75) is 20.4 Å². The van der Waals surface area contributed by atoms with Gasteiger partial charge in [0.2, 0.25) is 5.95 Å². The first kappa shape index (κ1) is 19.6. The number of nitriles is 1. The van der Waals surface area contributed by atoms with Crippen LogP contribution in [-0.4, -0.2) is 56.3 Å². The van der Waals surface area contributed by atoms with Gasteiger partial charge in [-0.1, -0.05) is 6.07 Å². The zero-order valence-electron chi connectivity index (χ0n) is 17.3. The number of aryl methyl sites for hydroxylation is 2. The summed E-state index contributed by atoms with van der Waals surface area (Å²) in [5, 5.41) is 13.4. The van der Waals surface area contributed by atoms with E-state index in [1.165, 1.54) is 0 Å². The van der Waals surface area contributed by atoms with Gasteiger partial charge in [0, 0.05) is 45.3 Å². The second kappa shape index (κ2) is 7.63. The predicted octanol–water partition coefficient (Wildman–Crippen LogP) is 1.29. The van der Waals surface area contributed by atoms with Crippen molar-refractivity contribution in [2.24, 2.45) is 7.05 Å². The Balaban J connectivity index is 1.59. The van der Waals surface area contributed by atoms with Crippen molar-refractivity contribution in [3.8, 4) is 6.07 Å². The van der Waals surface area contributed by atoms with E-state index in [0.717, 1.165) is 5.69 Å². The zero-order chi connectivity index (χ0) is 21.4. The number of carbonyl (C=O) groups excluding carboxylic acids is 1. The van der Waals surface area contributed by atoms with Crippen LogP contribution >= 0.6 is 0 Å². The fourth-order valence-corrected chi connectivity index (χ4v) is 3.94. The number of amides is 1. The normalized spacial score (nSPS) is 14.2. The molecule has 0 saturated carbocycles. The van der Waals surface area contributed by atoms with E-state index in [2.05, 4.69) is 11.2 Å². The molecule has 0 unspecified atom stereocenters.